The third-order valence-electron chi connectivity index (χ3n) is 3.41. The van der Waals surface area contributed by atoms with E-state index in [1.54, 1.807) is 36.4 Å². The minimum absolute atomic E-state index is 0.0186. The molecule has 1 heterocycles. The molecule has 0 spiro atoms. The van der Waals surface area contributed by atoms with E-state index in [0.717, 1.165) is 5.56 Å². The zero-order chi connectivity index (χ0) is 17.1. The number of benzene rings is 2. The average Bonchev–Trinajstić information content (AvgIpc) is 2.92. The fourth-order valence-electron chi connectivity index (χ4n) is 2.19. The maximum atomic E-state index is 11.1. The molecule has 6 nitrogen and oxygen atoms in total. The molecule has 0 amide bonds. The van der Waals surface area contributed by atoms with Gasteiger partial charge in [-0.3, -0.25) is 10.1 Å². The Labute approximate surface area is 137 Å². The summed E-state index contributed by atoms with van der Waals surface area (Å²) >= 11 is 0. The molecule has 2 aromatic carbocycles. The summed E-state index contributed by atoms with van der Waals surface area (Å²) < 4.78 is 4.64. The van der Waals surface area contributed by atoms with E-state index in [9.17, 15) is 20.0 Å². The summed E-state index contributed by atoms with van der Waals surface area (Å²) in [6, 6.07) is 12.9. The zero-order valence-corrected chi connectivity index (χ0v) is 12.3. The Hall–Kier alpha value is -3.43. The van der Waals surface area contributed by atoms with Gasteiger partial charge in [0.25, 0.3) is 5.69 Å². The summed E-state index contributed by atoms with van der Waals surface area (Å²) in [5.41, 5.74) is 2.50. The standard InChI is InChI=1S/C18H11NO5/c20-17-11-16(18(21)24-17)14-7-3-12(4-8-14)1-2-13-5-9-15(10-6-13)19(22)23/h3-11,18,21H. The zero-order valence-electron chi connectivity index (χ0n) is 12.3. The number of hydrogen-bond donors (Lipinski definition) is 1. The molecule has 0 aliphatic carbocycles. The number of carbonyl (C=O) groups is 1. The molecule has 1 atom stereocenters. The molecule has 0 radical (unpaired) electrons. The van der Waals surface area contributed by atoms with Gasteiger partial charge in [-0.05, 0) is 29.8 Å². The molecule has 118 valence electrons. The summed E-state index contributed by atoms with van der Waals surface area (Å²) in [5, 5.41) is 20.2. The average molecular weight is 321 g/mol. The van der Waals surface area contributed by atoms with Gasteiger partial charge >= 0.3 is 5.97 Å². The number of cyclic esters (lactones) is 1. The van der Waals surface area contributed by atoms with E-state index in [1.165, 1.54) is 18.2 Å². The molecule has 0 saturated heterocycles. The molecule has 0 aromatic heterocycles. The first-order chi connectivity index (χ1) is 11.5. The number of aliphatic hydroxyl groups is 1. The van der Waals surface area contributed by atoms with Crippen LogP contribution >= 0.6 is 0 Å². The highest BCUT2D eigenvalue weighted by Gasteiger charge is 2.24. The van der Waals surface area contributed by atoms with Crippen LogP contribution in [0, 0.1) is 22.0 Å². The van der Waals surface area contributed by atoms with Crippen LogP contribution in [-0.2, 0) is 9.53 Å². The molecular weight excluding hydrogens is 310 g/mol. The summed E-state index contributed by atoms with van der Waals surface area (Å²) in [6.07, 6.45) is 0.0110. The number of nitrogens with zero attached hydrogens (tertiary/aromatic N) is 1. The quantitative estimate of drug-likeness (QED) is 0.396. The van der Waals surface area contributed by atoms with Gasteiger partial charge in [0.15, 0.2) is 0 Å². The van der Waals surface area contributed by atoms with Gasteiger partial charge in [-0.2, -0.15) is 0 Å². The van der Waals surface area contributed by atoms with Gasteiger partial charge in [0.05, 0.1) is 4.92 Å². The number of nitro groups is 1. The molecule has 3 rings (SSSR count). The highest BCUT2D eigenvalue weighted by atomic mass is 16.6. The number of ether oxygens (including phenoxy) is 1. The largest absolute Gasteiger partial charge is 0.428 e. The van der Waals surface area contributed by atoms with Crippen molar-refractivity contribution in [1.82, 2.24) is 0 Å². The lowest BCUT2D eigenvalue weighted by molar-refractivity contribution is -0.384. The van der Waals surface area contributed by atoms with E-state index in [0.29, 0.717) is 16.7 Å². The second-order valence-electron chi connectivity index (χ2n) is 5.02. The van der Waals surface area contributed by atoms with Crippen molar-refractivity contribution in [3.63, 3.8) is 0 Å². The van der Waals surface area contributed by atoms with E-state index in [2.05, 4.69) is 16.6 Å². The third-order valence-corrected chi connectivity index (χ3v) is 3.41. The lowest BCUT2D eigenvalue weighted by Crippen LogP contribution is -2.09. The number of non-ortho nitro benzene ring substituents is 1. The first kappa shape index (κ1) is 15.5. The first-order valence-corrected chi connectivity index (χ1v) is 7.00. The number of carbonyl (C=O) groups excluding carboxylic acids is 1. The van der Waals surface area contributed by atoms with Crippen LogP contribution in [0.4, 0.5) is 5.69 Å². The minimum Gasteiger partial charge on any atom is -0.428 e. The molecule has 2 aromatic rings. The van der Waals surface area contributed by atoms with Crippen molar-refractivity contribution >= 4 is 17.2 Å². The lowest BCUT2D eigenvalue weighted by Gasteiger charge is -2.07. The van der Waals surface area contributed by atoms with E-state index >= 15 is 0 Å². The van der Waals surface area contributed by atoms with Gasteiger partial charge in [0.2, 0.25) is 6.29 Å². The third kappa shape index (κ3) is 3.32. The Balaban J connectivity index is 1.77. The van der Waals surface area contributed by atoms with Gasteiger partial charge in [0.1, 0.15) is 0 Å². The number of nitro benzene ring substituents is 1. The van der Waals surface area contributed by atoms with E-state index in [-0.39, 0.29) is 5.69 Å². The predicted octanol–water partition coefficient (Wildman–Crippen LogP) is 2.25. The highest BCUT2D eigenvalue weighted by molar-refractivity contribution is 5.96. The number of rotatable bonds is 2. The summed E-state index contributed by atoms with van der Waals surface area (Å²) in [7, 11) is 0. The van der Waals surface area contributed by atoms with Crippen LogP contribution in [-0.4, -0.2) is 22.3 Å². The smallest absolute Gasteiger partial charge is 0.333 e. The Morgan fingerprint density at radius 3 is 2.00 bits per heavy atom. The van der Waals surface area contributed by atoms with Gasteiger partial charge in [-0.25, -0.2) is 4.79 Å². The Bertz CT molecular complexity index is 886. The van der Waals surface area contributed by atoms with E-state index in [1.807, 2.05) is 0 Å². The molecule has 1 unspecified atom stereocenters. The van der Waals surface area contributed by atoms with Crippen LogP contribution in [0.2, 0.25) is 0 Å². The first-order valence-electron chi connectivity index (χ1n) is 7.00. The van der Waals surface area contributed by atoms with Crippen molar-refractivity contribution in [3.05, 3.63) is 81.4 Å². The fraction of sp³-hybridized carbons (Fsp3) is 0.0556. The molecule has 0 fully saturated rings. The lowest BCUT2D eigenvalue weighted by atomic mass is 10.0. The number of aliphatic hydroxyl groups excluding tert-OH is 1. The van der Waals surface area contributed by atoms with Gasteiger partial charge in [0, 0.05) is 34.9 Å². The molecular formula is C18H11NO5. The molecule has 1 N–H and O–H groups in total. The summed E-state index contributed by atoms with van der Waals surface area (Å²) in [5.74, 6) is 5.29. The van der Waals surface area contributed by atoms with Gasteiger partial charge < -0.3 is 9.84 Å². The van der Waals surface area contributed by atoms with Crippen molar-refractivity contribution in [2.45, 2.75) is 6.29 Å². The fourth-order valence-corrected chi connectivity index (χ4v) is 2.19. The molecule has 0 saturated carbocycles. The molecule has 6 heteroatoms. The highest BCUT2D eigenvalue weighted by Crippen LogP contribution is 2.24. The monoisotopic (exact) mass is 321 g/mol. The van der Waals surface area contributed by atoms with Crippen LogP contribution in [0.25, 0.3) is 5.57 Å². The van der Waals surface area contributed by atoms with Crippen molar-refractivity contribution in [2.75, 3.05) is 0 Å². The van der Waals surface area contributed by atoms with Crippen molar-refractivity contribution < 1.29 is 19.6 Å². The Morgan fingerprint density at radius 2 is 1.54 bits per heavy atom. The van der Waals surface area contributed by atoms with Crippen LogP contribution in [0.5, 0.6) is 0 Å². The Morgan fingerprint density at radius 1 is 1.00 bits per heavy atom. The van der Waals surface area contributed by atoms with Gasteiger partial charge in [-0.15, -0.1) is 0 Å². The van der Waals surface area contributed by atoms with Crippen molar-refractivity contribution in [3.8, 4) is 11.8 Å². The topological polar surface area (TPSA) is 89.7 Å². The van der Waals surface area contributed by atoms with Crippen LogP contribution < -0.4 is 0 Å². The van der Waals surface area contributed by atoms with Crippen molar-refractivity contribution in [1.29, 1.82) is 0 Å². The predicted molar refractivity (Wildman–Crippen MR) is 85.6 cm³/mol. The number of esters is 1. The summed E-state index contributed by atoms with van der Waals surface area (Å²) in [6.45, 7) is 0. The number of hydrogen-bond acceptors (Lipinski definition) is 5. The normalized spacial score (nSPS) is 16.0. The van der Waals surface area contributed by atoms with Crippen LogP contribution in [0.15, 0.2) is 54.6 Å². The van der Waals surface area contributed by atoms with Crippen molar-refractivity contribution in [2.24, 2.45) is 0 Å². The second-order valence-corrected chi connectivity index (χ2v) is 5.02. The molecule has 0 bridgehead atoms. The molecule has 24 heavy (non-hydrogen) atoms. The molecule has 1 aliphatic heterocycles. The maximum Gasteiger partial charge on any atom is 0.333 e. The van der Waals surface area contributed by atoms with E-state index < -0.39 is 17.2 Å². The summed E-state index contributed by atoms with van der Waals surface area (Å²) in [4.78, 5) is 21.2. The van der Waals surface area contributed by atoms with E-state index in [4.69, 9.17) is 0 Å². The second kappa shape index (κ2) is 6.36. The maximum absolute atomic E-state index is 11.1. The Kier molecular flexibility index (Phi) is 4.10. The molecule has 1 aliphatic rings. The van der Waals surface area contributed by atoms with Gasteiger partial charge in [-0.1, -0.05) is 24.0 Å². The SMILES string of the molecule is O=C1C=C(c2ccc(C#Cc3ccc([N+](=O)[O-])cc3)cc2)C(O)O1. The minimum atomic E-state index is -1.24. The van der Waals surface area contributed by atoms with Crippen LogP contribution in [0.3, 0.4) is 0 Å². The van der Waals surface area contributed by atoms with Crippen LogP contribution in [0.1, 0.15) is 16.7 Å².